The zero-order valence-electron chi connectivity index (χ0n) is 15.3. The first kappa shape index (κ1) is 19.6. The van der Waals surface area contributed by atoms with Gasteiger partial charge >= 0.3 is 0 Å². The van der Waals surface area contributed by atoms with Gasteiger partial charge in [-0.25, -0.2) is 0 Å². The Morgan fingerprint density at radius 1 is 1.22 bits per heavy atom. The Morgan fingerprint density at radius 2 is 1.96 bits per heavy atom. The normalized spacial score (nSPS) is 15.0. The zero-order valence-corrected chi connectivity index (χ0v) is 16.9. The van der Waals surface area contributed by atoms with Crippen molar-refractivity contribution in [2.75, 3.05) is 38.7 Å². The number of nitrogens with zero attached hydrogens (tertiary/aromatic N) is 1. The molecule has 3 rings (SSSR count). The molecule has 1 fully saturated rings. The number of hydrogen-bond acceptors (Lipinski definition) is 4. The van der Waals surface area contributed by atoms with Crippen molar-refractivity contribution in [3.63, 3.8) is 0 Å². The van der Waals surface area contributed by atoms with Crippen LogP contribution in [-0.4, -0.2) is 44.2 Å². The molecule has 0 atom stereocenters. The molecule has 6 heteroatoms. The number of rotatable bonds is 6. The number of nitrogens with one attached hydrogen (secondary N) is 1. The fourth-order valence-electron chi connectivity index (χ4n) is 2.90. The molecule has 0 saturated carbocycles. The Labute approximate surface area is 168 Å². The van der Waals surface area contributed by atoms with Crippen molar-refractivity contribution in [3.05, 3.63) is 64.1 Å². The summed E-state index contributed by atoms with van der Waals surface area (Å²) in [6.45, 7) is 4.41. The molecule has 1 aliphatic heterocycles. The minimum Gasteiger partial charge on any atom is -0.496 e. The highest BCUT2D eigenvalue weighted by Gasteiger charge is 2.10. The fraction of sp³-hybridized carbons (Fsp3) is 0.286. The molecule has 1 N–H and O–H groups in total. The third kappa shape index (κ3) is 5.92. The number of hydrogen-bond donors (Lipinski definition) is 1. The number of methoxy groups -OCH3 is 1. The zero-order chi connectivity index (χ0) is 19.1. The minimum absolute atomic E-state index is 0.182. The molecule has 142 valence electrons. The van der Waals surface area contributed by atoms with Crippen LogP contribution in [0.4, 0.5) is 5.69 Å². The lowest BCUT2D eigenvalue weighted by Gasteiger charge is -2.26. The number of halogens is 1. The average Bonchev–Trinajstić information content (AvgIpc) is 2.69. The number of carbonyl (C=O) groups excluding carboxylic acids is 1. The molecule has 1 heterocycles. The molecule has 5 nitrogen and oxygen atoms in total. The van der Waals surface area contributed by atoms with E-state index in [9.17, 15) is 4.79 Å². The van der Waals surface area contributed by atoms with Crippen LogP contribution in [0.3, 0.4) is 0 Å². The van der Waals surface area contributed by atoms with E-state index < -0.39 is 0 Å². The van der Waals surface area contributed by atoms with Crippen LogP contribution in [0.5, 0.6) is 5.75 Å². The largest absolute Gasteiger partial charge is 0.496 e. The van der Waals surface area contributed by atoms with Crippen molar-refractivity contribution in [2.24, 2.45) is 0 Å². The van der Waals surface area contributed by atoms with Crippen LogP contribution in [0, 0.1) is 0 Å². The number of ether oxygens (including phenoxy) is 2. The highest BCUT2D eigenvalue weighted by molar-refractivity contribution is 9.10. The number of benzene rings is 2. The van der Waals surface area contributed by atoms with Crippen molar-refractivity contribution in [1.29, 1.82) is 0 Å². The van der Waals surface area contributed by atoms with Gasteiger partial charge in [0.15, 0.2) is 0 Å². The molecule has 1 amide bonds. The summed E-state index contributed by atoms with van der Waals surface area (Å²) in [5.41, 5.74) is 2.84. The predicted molar refractivity (Wildman–Crippen MR) is 111 cm³/mol. The topological polar surface area (TPSA) is 50.8 Å². The van der Waals surface area contributed by atoms with Crippen molar-refractivity contribution < 1.29 is 14.3 Å². The van der Waals surface area contributed by atoms with Crippen molar-refractivity contribution >= 4 is 33.6 Å². The molecule has 2 aromatic carbocycles. The fourth-order valence-corrected chi connectivity index (χ4v) is 3.27. The Kier molecular flexibility index (Phi) is 7.04. The second-order valence-corrected chi connectivity index (χ2v) is 7.21. The van der Waals surface area contributed by atoms with Crippen LogP contribution in [0.25, 0.3) is 6.08 Å². The van der Waals surface area contributed by atoms with Gasteiger partial charge in [-0.2, -0.15) is 0 Å². The number of anilines is 1. The summed E-state index contributed by atoms with van der Waals surface area (Å²) in [6.07, 6.45) is 3.25. The molecular weight excluding hydrogens is 408 g/mol. The van der Waals surface area contributed by atoms with Gasteiger partial charge in [-0.05, 0) is 42.0 Å². The maximum atomic E-state index is 12.2. The second kappa shape index (κ2) is 9.69. The summed E-state index contributed by atoms with van der Waals surface area (Å²) in [5.74, 6) is 0.535. The lowest BCUT2D eigenvalue weighted by molar-refractivity contribution is -0.111. The van der Waals surface area contributed by atoms with Crippen LogP contribution < -0.4 is 10.1 Å². The van der Waals surface area contributed by atoms with Gasteiger partial charge in [-0.1, -0.05) is 28.1 Å². The van der Waals surface area contributed by atoms with Crippen LogP contribution in [0.15, 0.2) is 53.0 Å². The smallest absolute Gasteiger partial charge is 0.248 e. The molecule has 0 aliphatic carbocycles. The monoisotopic (exact) mass is 430 g/mol. The molecule has 1 saturated heterocycles. The molecule has 0 radical (unpaired) electrons. The van der Waals surface area contributed by atoms with E-state index in [1.54, 1.807) is 13.2 Å². The van der Waals surface area contributed by atoms with E-state index in [0.29, 0.717) is 0 Å². The first-order valence-electron chi connectivity index (χ1n) is 8.86. The Hall–Kier alpha value is -2.15. The maximum absolute atomic E-state index is 12.2. The van der Waals surface area contributed by atoms with Gasteiger partial charge < -0.3 is 14.8 Å². The molecule has 0 unspecified atom stereocenters. The summed E-state index contributed by atoms with van der Waals surface area (Å²) in [4.78, 5) is 14.6. The second-order valence-electron chi connectivity index (χ2n) is 6.29. The SMILES string of the molecule is COc1ccc(Br)cc1/C=C/C(=O)Nc1ccc(CN2CCOCC2)cc1. The van der Waals surface area contributed by atoms with Crippen LogP contribution in [-0.2, 0) is 16.1 Å². The highest BCUT2D eigenvalue weighted by Crippen LogP contribution is 2.24. The summed E-state index contributed by atoms with van der Waals surface area (Å²) >= 11 is 3.43. The van der Waals surface area contributed by atoms with E-state index in [0.717, 1.165) is 54.3 Å². The van der Waals surface area contributed by atoms with Gasteiger partial charge in [-0.3, -0.25) is 9.69 Å². The van der Waals surface area contributed by atoms with Crippen molar-refractivity contribution in [2.45, 2.75) is 6.54 Å². The lowest BCUT2D eigenvalue weighted by atomic mass is 10.1. The molecule has 0 spiro atoms. The van der Waals surface area contributed by atoms with Gasteiger partial charge in [0.1, 0.15) is 5.75 Å². The molecule has 2 aromatic rings. The summed E-state index contributed by atoms with van der Waals surface area (Å²) in [6, 6.07) is 13.6. The first-order valence-corrected chi connectivity index (χ1v) is 9.65. The van der Waals surface area contributed by atoms with E-state index in [2.05, 4.69) is 26.1 Å². The maximum Gasteiger partial charge on any atom is 0.248 e. The molecule has 27 heavy (non-hydrogen) atoms. The van der Waals surface area contributed by atoms with Gasteiger partial charge in [0.25, 0.3) is 0 Å². The van der Waals surface area contributed by atoms with E-state index >= 15 is 0 Å². The quantitative estimate of drug-likeness (QED) is 0.705. The van der Waals surface area contributed by atoms with Crippen LogP contribution in [0.2, 0.25) is 0 Å². The van der Waals surface area contributed by atoms with Gasteiger partial charge in [-0.15, -0.1) is 0 Å². The van der Waals surface area contributed by atoms with Gasteiger partial charge in [0.2, 0.25) is 5.91 Å². The molecular formula is C21H23BrN2O3. The predicted octanol–water partition coefficient (Wildman–Crippen LogP) is 3.94. The molecule has 1 aliphatic rings. The number of morpholine rings is 1. The highest BCUT2D eigenvalue weighted by atomic mass is 79.9. The van der Waals surface area contributed by atoms with E-state index in [1.807, 2.05) is 42.5 Å². The van der Waals surface area contributed by atoms with Crippen LogP contribution >= 0.6 is 15.9 Å². The summed E-state index contributed by atoms with van der Waals surface area (Å²) < 4.78 is 11.6. The minimum atomic E-state index is -0.182. The molecule has 0 aromatic heterocycles. The van der Waals surface area contributed by atoms with Crippen molar-refractivity contribution in [3.8, 4) is 5.75 Å². The van der Waals surface area contributed by atoms with Gasteiger partial charge in [0, 0.05) is 41.4 Å². The van der Waals surface area contributed by atoms with Gasteiger partial charge in [0.05, 0.1) is 20.3 Å². The Balaban J connectivity index is 1.57. The third-order valence-corrected chi connectivity index (χ3v) is 4.83. The van der Waals surface area contributed by atoms with Crippen molar-refractivity contribution in [1.82, 2.24) is 4.90 Å². The Bertz CT molecular complexity index is 800. The number of carbonyl (C=O) groups is 1. The standard InChI is InChI=1S/C21H23BrN2O3/c1-26-20-8-5-18(22)14-17(20)4-9-21(25)23-19-6-2-16(3-7-19)15-24-10-12-27-13-11-24/h2-9,14H,10-13,15H2,1H3,(H,23,25)/b9-4+. The average molecular weight is 431 g/mol. The van der Waals surface area contributed by atoms with Crippen LogP contribution in [0.1, 0.15) is 11.1 Å². The first-order chi connectivity index (χ1) is 13.1. The third-order valence-electron chi connectivity index (χ3n) is 4.34. The molecule has 0 bridgehead atoms. The van der Waals surface area contributed by atoms with E-state index in [-0.39, 0.29) is 5.91 Å². The Morgan fingerprint density at radius 3 is 2.67 bits per heavy atom. The summed E-state index contributed by atoms with van der Waals surface area (Å²) in [5, 5.41) is 2.88. The lowest BCUT2D eigenvalue weighted by Crippen LogP contribution is -2.35. The van der Waals surface area contributed by atoms with E-state index in [1.165, 1.54) is 11.6 Å². The van der Waals surface area contributed by atoms with E-state index in [4.69, 9.17) is 9.47 Å². The summed E-state index contributed by atoms with van der Waals surface area (Å²) in [7, 11) is 1.61. The number of amides is 1.